The van der Waals surface area contributed by atoms with Crippen molar-refractivity contribution in [1.29, 1.82) is 0 Å². The monoisotopic (exact) mass is 124 g/mol. The molecule has 0 atom stereocenters. The molecule has 0 saturated carbocycles. The highest BCUT2D eigenvalue weighted by Crippen LogP contribution is 1.86. The zero-order chi connectivity index (χ0) is 7.28. The van der Waals surface area contributed by atoms with E-state index < -0.39 is 0 Å². The number of hydrogen-bond acceptors (Lipinski definition) is 1. The van der Waals surface area contributed by atoms with Crippen molar-refractivity contribution in [2.24, 2.45) is 0 Å². The average molecular weight is 124 g/mol. The lowest BCUT2D eigenvalue weighted by atomic mass is 10.3. The van der Waals surface area contributed by atoms with Crippen LogP contribution >= 0.6 is 0 Å². The van der Waals surface area contributed by atoms with Gasteiger partial charge in [0.15, 0.2) is 0 Å². The number of carbonyl (C=O) groups is 1. The summed E-state index contributed by atoms with van der Waals surface area (Å²) in [5.41, 5.74) is 4.06. The van der Waals surface area contributed by atoms with Crippen LogP contribution in [0.2, 0.25) is 0 Å². The van der Waals surface area contributed by atoms with Gasteiger partial charge in [-0.25, -0.2) is 0 Å². The van der Waals surface area contributed by atoms with Crippen LogP contribution in [0.4, 0.5) is 0 Å². The minimum Gasteiger partial charge on any atom is -0.300 e. The fourth-order valence-electron chi connectivity index (χ4n) is 0.399. The molecule has 50 valence electrons. The van der Waals surface area contributed by atoms with E-state index in [1.54, 1.807) is 13.0 Å². The summed E-state index contributed by atoms with van der Waals surface area (Å²) >= 11 is 0. The summed E-state index contributed by atoms with van der Waals surface area (Å²) in [6, 6.07) is 0. The topological polar surface area (TPSA) is 17.1 Å². The van der Waals surface area contributed by atoms with Gasteiger partial charge in [0.2, 0.25) is 0 Å². The second-order valence-electron chi connectivity index (χ2n) is 2.25. The molecule has 0 N–H and O–H groups in total. The molecule has 0 aliphatic heterocycles. The van der Waals surface area contributed by atoms with Crippen molar-refractivity contribution < 1.29 is 4.79 Å². The highest BCUT2D eigenvalue weighted by molar-refractivity contribution is 5.76. The summed E-state index contributed by atoms with van der Waals surface area (Å²) in [7, 11) is 0. The third-order valence-electron chi connectivity index (χ3n) is 0.780. The van der Waals surface area contributed by atoms with Crippen molar-refractivity contribution in [3.05, 3.63) is 17.4 Å². The summed E-state index contributed by atoms with van der Waals surface area (Å²) < 4.78 is 0. The molecule has 9 heavy (non-hydrogen) atoms. The smallest absolute Gasteiger partial charge is 0.134 e. The summed E-state index contributed by atoms with van der Waals surface area (Å²) in [5.74, 6) is 0.184. The molecule has 0 rings (SSSR count). The molecule has 0 amide bonds. The Hall–Kier alpha value is -0.810. The largest absolute Gasteiger partial charge is 0.300 e. The van der Waals surface area contributed by atoms with E-state index in [0.717, 1.165) is 5.57 Å². The van der Waals surface area contributed by atoms with Gasteiger partial charge < -0.3 is 0 Å². The lowest BCUT2D eigenvalue weighted by molar-refractivity contribution is -0.116. The van der Waals surface area contributed by atoms with E-state index in [-0.39, 0.29) is 5.78 Å². The van der Waals surface area contributed by atoms with E-state index in [9.17, 15) is 4.79 Å². The SMILES string of the molecule is CC(=O)CC=C=C(C)C. The third-order valence-corrected chi connectivity index (χ3v) is 0.780. The molecular formula is C8H12O. The fourth-order valence-corrected chi connectivity index (χ4v) is 0.399. The standard InChI is InChI=1S/C8H12O/c1-7(2)5-4-6-8(3)9/h4H,6H2,1-3H3. The van der Waals surface area contributed by atoms with E-state index in [0.29, 0.717) is 6.42 Å². The highest BCUT2D eigenvalue weighted by Gasteiger charge is 1.82. The maximum Gasteiger partial charge on any atom is 0.134 e. The van der Waals surface area contributed by atoms with Gasteiger partial charge in [0, 0.05) is 6.42 Å². The van der Waals surface area contributed by atoms with Crippen molar-refractivity contribution in [3.8, 4) is 0 Å². The van der Waals surface area contributed by atoms with Crippen LogP contribution in [0.5, 0.6) is 0 Å². The van der Waals surface area contributed by atoms with E-state index >= 15 is 0 Å². The van der Waals surface area contributed by atoms with Crippen LogP contribution in [-0.2, 0) is 4.79 Å². The second kappa shape index (κ2) is 4.11. The predicted octanol–water partition coefficient (Wildman–Crippen LogP) is 2.09. The van der Waals surface area contributed by atoms with Crippen LogP contribution in [0.1, 0.15) is 27.2 Å². The summed E-state index contributed by atoms with van der Waals surface area (Å²) in [4.78, 5) is 10.3. The lowest BCUT2D eigenvalue weighted by Crippen LogP contribution is -1.82. The minimum atomic E-state index is 0.184. The first-order valence-electron chi connectivity index (χ1n) is 3.00. The molecule has 1 nitrogen and oxygen atoms in total. The molecule has 0 saturated heterocycles. The van der Waals surface area contributed by atoms with Crippen molar-refractivity contribution in [2.75, 3.05) is 0 Å². The van der Waals surface area contributed by atoms with E-state index in [1.165, 1.54) is 0 Å². The molecule has 1 heteroatoms. The van der Waals surface area contributed by atoms with Crippen molar-refractivity contribution in [1.82, 2.24) is 0 Å². The van der Waals surface area contributed by atoms with Crippen molar-refractivity contribution >= 4 is 5.78 Å². The van der Waals surface area contributed by atoms with Crippen LogP contribution in [0, 0.1) is 0 Å². The fraction of sp³-hybridized carbons (Fsp3) is 0.500. The maximum atomic E-state index is 10.3. The first kappa shape index (κ1) is 8.19. The Morgan fingerprint density at radius 3 is 2.33 bits per heavy atom. The highest BCUT2D eigenvalue weighted by atomic mass is 16.1. The molecule has 0 aromatic rings. The van der Waals surface area contributed by atoms with Crippen LogP contribution in [-0.4, -0.2) is 5.78 Å². The number of hydrogen-bond donors (Lipinski definition) is 0. The number of carbonyl (C=O) groups excluding carboxylic acids is 1. The molecule has 0 aromatic carbocycles. The zero-order valence-electron chi connectivity index (χ0n) is 6.19. The Balaban J connectivity index is 3.74. The molecule has 0 radical (unpaired) electrons. The number of rotatable bonds is 2. The Morgan fingerprint density at radius 2 is 2.00 bits per heavy atom. The van der Waals surface area contributed by atoms with Gasteiger partial charge in [0.05, 0.1) is 0 Å². The van der Waals surface area contributed by atoms with Gasteiger partial charge in [-0.2, -0.15) is 0 Å². The number of allylic oxidation sites excluding steroid dienone is 1. The van der Waals surface area contributed by atoms with Crippen molar-refractivity contribution in [2.45, 2.75) is 27.2 Å². The van der Waals surface area contributed by atoms with Crippen LogP contribution in [0.15, 0.2) is 17.4 Å². The molecular weight excluding hydrogens is 112 g/mol. The first-order valence-corrected chi connectivity index (χ1v) is 3.00. The second-order valence-corrected chi connectivity index (χ2v) is 2.25. The third kappa shape index (κ3) is 7.19. The van der Waals surface area contributed by atoms with Gasteiger partial charge in [0.1, 0.15) is 5.78 Å². The van der Waals surface area contributed by atoms with Gasteiger partial charge in [-0.15, -0.1) is 5.73 Å². The lowest BCUT2D eigenvalue weighted by Gasteiger charge is -1.79. The van der Waals surface area contributed by atoms with Crippen molar-refractivity contribution in [3.63, 3.8) is 0 Å². The molecule has 0 fully saturated rings. The van der Waals surface area contributed by atoms with Gasteiger partial charge in [0.25, 0.3) is 0 Å². The first-order chi connectivity index (χ1) is 4.13. The van der Waals surface area contributed by atoms with E-state index in [4.69, 9.17) is 0 Å². The van der Waals surface area contributed by atoms with E-state index in [2.05, 4.69) is 5.73 Å². The summed E-state index contributed by atoms with van der Waals surface area (Å²) in [6.07, 6.45) is 2.27. The Kier molecular flexibility index (Phi) is 3.74. The molecule has 0 heterocycles. The molecule has 0 unspecified atom stereocenters. The summed E-state index contributed by atoms with van der Waals surface area (Å²) in [5, 5.41) is 0. The maximum absolute atomic E-state index is 10.3. The summed E-state index contributed by atoms with van der Waals surface area (Å²) in [6.45, 7) is 5.48. The molecule has 0 aliphatic rings. The minimum absolute atomic E-state index is 0.184. The van der Waals surface area contributed by atoms with Gasteiger partial charge in [-0.1, -0.05) is 0 Å². The molecule has 0 bridgehead atoms. The molecule has 0 aromatic heterocycles. The zero-order valence-corrected chi connectivity index (χ0v) is 6.19. The number of ketones is 1. The van der Waals surface area contributed by atoms with Gasteiger partial charge in [-0.3, -0.25) is 4.79 Å². The number of Topliss-reactive ketones (excluding diaryl/α,β-unsaturated/α-hetero) is 1. The Bertz CT molecular complexity index is 155. The quantitative estimate of drug-likeness (QED) is 0.515. The molecule has 0 spiro atoms. The van der Waals surface area contributed by atoms with Gasteiger partial charge >= 0.3 is 0 Å². The van der Waals surface area contributed by atoms with Crippen LogP contribution in [0.25, 0.3) is 0 Å². The predicted molar refractivity (Wildman–Crippen MR) is 38.2 cm³/mol. The Morgan fingerprint density at radius 1 is 1.44 bits per heavy atom. The molecule has 0 aliphatic carbocycles. The van der Waals surface area contributed by atoms with Crippen LogP contribution in [0.3, 0.4) is 0 Å². The van der Waals surface area contributed by atoms with E-state index in [1.807, 2.05) is 13.8 Å². The van der Waals surface area contributed by atoms with Crippen LogP contribution < -0.4 is 0 Å². The normalized spacial score (nSPS) is 7.89. The van der Waals surface area contributed by atoms with Gasteiger partial charge in [-0.05, 0) is 32.4 Å². The Labute approximate surface area is 56.1 Å². The average Bonchev–Trinajstić information content (AvgIpc) is 1.63.